The van der Waals surface area contributed by atoms with Crippen molar-refractivity contribution in [3.8, 4) is 0 Å². The number of hydrogen-bond acceptors (Lipinski definition) is 3. The molecule has 0 fully saturated rings. The molecule has 0 bridgehead atoms. The van der Waals surface area contributed by atoms with Crippen LogP contribution in [0.1, 0.15) is 5.56 Å². The second-order valence-corrected chi connectivity index (χ2v) is 6.76. The summed E-state index contributed by atoms with van der Waals surface area (Å²) in [5.74, 6) is -3.87. The lowest BCUT2D eigenvalue weighted by molar-refractivity contribution is 0.123. The molecule has 7 heteroatoms. The van der Waals surface area contributed by atoms with Crippen LogP contribution in [0.2, 0.25) is 6.04 Å². The van der Waals surface area contributed by atoms with E-state index in [1.165, 1.54) is 21.3 Å². The highest BCUT2D eigenvalue weighted by Crippen LogP contribution is 2.19. The van der Waals surface area contributed by atoms with Crippen LogP contribution >= 0.6 is 0 Å². The SMILES string of the molecule is CO[Si](CCc1cc(F)c(F)c(F)c1)(OC)OC. The molecule has 0 heterocycles. The van der Waals surface area contributed by atoms with E-state index < -0.39 is 26.3 Å². The van der Waals surface area contributed by atoms with Crippen LogP contribution in [-0.2, 0) is 19.7 Å². The van der Waals surface area contributed by atoms with Crippen molar-refractivity contribution in [2.75, 3.05) is 21.3 Å². The van der Waals surface area contributed by atoms with Gasteiger partial charge in [0.25, 0.3) is 0 Å². The molecule has 0 amide bonds. The Bertz CT molecular complexity index is 379. The summed E-state index contributed by atoms with van der Waals surface area (Å²) in [7, 11) is 1.56. The second kappa shape index (κ2) is 6.33. The van der Waals surface area contributed by atoms with Gasteiger partial charge in [-0.25, -0.2) is 13.2 Å². The van der Waals surface area contributed by atoms with Gasteiger partial charge in [-0.2, -0.15) is 0 Å². The van der Waals surface area contributed by atoms with Gasteiger partial charge >= 0.3 is 8.80 Å². The molecule has 0 saturated carbocycles. The molecule has 0 saturated heterocycles. The third-order valence-corrected chi connectivity index (χ3v) is 5.42. The predicted molar refractivity (Wildman–Crippen MR) is 61.6 cm³/mol. The van der Waals surface area contributed by atoms with Crippen LogP contribution in [0.3, 0.4) is 0 Å². The molecule has 0 aliphatic heterocycles. The van der Waals surface area contributed by atoms with Crippen molar-refractivity contribution >= 4 is 8.80 Å². The van der Waals surface area contributed by atoms with Crippen LogP contribution in [0.4, 0.5) is 13.2 Å². The third kappa shape index (κ3) is 3.32. The molecular weight excluding hydrogens is 265 g/mol. The first-order valence-electron chi connectivity index (χ1n) is 5.27. The molecule has 1 aromatic carbocycles. The molecule has 0 aliphatic rings. The fourth-order valence-corrected chi connectivity index (χ4v) is 3.31. The summed E-state index contributed by atoms with van der Waals surface area (Å²) in [6.45, 7) is 0. The van der Waals surface area contributed by atoms with Gasteiger partial charge in [0.15, 0.2) is 17.5 Å². The van der Waals surface area contributed by atoms with Gasteiger partial charge in [-0.05, 0) is 24.1 Å². The van der Waals surface area contributed by atoms with E-state index in [-0.39, 0.29) is 6.42 Å². The number of rotatable bonds is 6. The van der Waals surface area contributed by atoms with Crippen molar-refractivity contribution in [2.24, 2.45) is 0 Å². The summed E-state index contributed by atoms with van der Waals surface area (Å²) in [6, 6.07) is 2.26. The maximum atomic E-state index is 13.0. The van der Waals surface area contributed by atoms with Gasteiger partial charge < -0.3 is 13.3 Å². The van der Waals surface area contributed by atoms with E-state index >= 15 is 0 Å². The van der Waals surface area contributed by atoms with Gasteiger partial charge in [0.1, 0.15) is 0 Å². The molecule has 0 spiro atoms. The Morgan fingerprint density at radius 3 is 1.78 bits per heavy atom. The van der Waals surface area contributed by atoms with E-state index in [1.54, 1.807) is 0 Å². The third-order valence-electron chi connectivity index (χ3n) is 2.70. The minimum atomic E-state index is -2.79. The summed E-state index contributed by atoms with van der Waals surface area (Å²) in [4.78, 5) is 0. The van der Waals surface area contributed by atoms with Crippen LogP contribution < -0.4 is 0 Å². The molecule has 0 unspecified atom stereocenters. The van der Waals surface area contributed by atoms with Gasteiger partial charge in [0.2, 0.25) is 0 Å². The van der Waals surface area contributed by atoms with E-state index in [9.17, 15) is 13.2 Å². The number of halogens is 3. The molecule has 0 radical (unpaired) electrons. The van der Waals surface area contributed by atoms with E-state index in [0.717, 1.165) is 12.1 Å². The number of hydrogen-bond donors (Lipinski definition) is 0. The molecule has 1 rings (SSSR count). The van der Waals surface area contributed by atoms with Crippen LogP contribution in [-0.4, -0.2) is 30.1 Å². The molecule has 0 aliphatic carbocycles. The maximum absolute atomic E-state index is 13.0. The zero-order valence-corrected chi connectivity index (χ0v) is 11.4. The number of aryl methyl sites for hydroxylation is 1. The summed E-state index contributed by atoms with van der Waals surface area (Å²) in [5.41, 5.74) is 0.328. The smallest absolute Gasteiger partial charge is 0.377 e. The Labute approximate surface area is 105 Å². The average molecular weight is 280 g/mol. The van der Waals surface area contributed by atoms with Crippen molar-refractivity contribution < 1.29 is 26.4 Å². The fourth-order valence-electron chi connectivity index (χ4n) is 1.61. The standard InChI is InChI=1S/C11H15F3O3Si/c1-15-18(16-2,17-3)5-4-8-6-9(12)11(14)10(13)7-8/h6-7H,4-5H2,1-3H3. The highest BCUT2D eigenvalue weighted by atomic mass is 28.4. The molecule has 0 aromatic heterocycles. The Balaban J connectivity index is 2.80. The summed E-state index contributed by atoms with van der Waals surface area (Å²) < 4.78 is 54.3. The average Bonchev–Trinajstić information content (AvgIpc) is 2.38. The van der Waals surface area contributed by atoms with Crippen LogP contribution in [0.25, 0.3) is 0 Å². The highest BCUT2D eigenvalue weighted by Gasteiger charge is 2.37. The summed E-state index contributed by atoms with van der Waals surface area (Å²) >= 11 is 0. The van der Waals surface area contributed by atoms with Crippen molar-refractivity contribution in [2.45, 2.75) is 12.5 Å². The van der Waals surface area contributed by atoms with Crippen molar-refractivity contribution in [1.29, 1.82) is 0 Å². The second-order valence-electron chi connectivity index (χ2n) is 3.67. The van der Waals surface area contributed by atoms with Gasteiger partial charge in [-0.1, -0.05) is 0 Å². The quantitative estimate of drug-likeness (QED) is 0.592. The summed E-state index contributed by atoms with van der Waals surface area (Å²) in [5, 5.41) is 0. The van der Waals surface area contributed by atoms with Crippen LogP contribution in [0.5, 0.6) is 0 Å². The molecule has 18 heavy (non-hydrogen) atoms. The maximum Gasteiger partial charge on any atom is 0.500 e. The zero-order valence-electron chi connectivity index (χ0n) is 10.4. The first-order chi connectivity index (χ1) is 8.48. The van der Waals surface area contributed by atoms with Gasteiger partial charge in [-0.3, -0.25) is 0 Å². The lowest BCUT2D eigenvalue weighted by atomic mass is 10.1. The molecule has 3 nitrogen and oxygen atoms in total. The normalized spacial score (nSPS) is 11.9. The van der Waals surface area contributed by atoms with Gasteiger partial charge in [-0.15, -0.1) is 0 Å². The Morgan fingerprint density at radius 1 is 0.944 bits per heavy atom. The first kappa shape index (κ1) is 15.2. The molecule has 0 N–H and O–H groups in total. The van der Waals surface area contributed by atoms with E-state index in [1.807, 2.05) is 0 Å². The zero-order chi connectivity index (χ0) is 13.8. The Morgan fingerprint density at radius 2 is 1.39 bits per heavy atom. The molecule has 102 valence electrons. The van der Waals surface area contributed by atoms with E-state index in [0.29, 0.717) is 11.6 Å². The summed E-state index contributed by atoms with van der Waals surface area (Å²) in [6.07, 6.45) is 0.274. The molecular formula is C11H15F3O3Si. The number of benzene rings is 1. The van der Waals surface area contributed by atoms with E-state index in [2.05, 4.69) is 0 Å². The lowest BCUT2D eigenvalue weighted by Gasteiger charge is -2.24. The highest BCUT2D eigenvalue weighted by molar-refractivity contribution is 6.60. The molecule has 0 atom stereocenters. The minimum absolute atomic E-state index is 0.274. The largest absolute Gasteiger partial charge is 0.500 e. The fraction of sp³-hybridized carbons (Fsp3) is 0.455. The van der Waals surface area contributed by atoms with Crippen molar-refractivity contribution in [3.63, 3.8) is 0 Å². The van der Waals surface area contributed by atoms with Crippen LogP contribution in [0, 0.1) is 17.5 Å². The van der Waals surface area contributed by atoms with Crippen molar-refractivity contribution in [3.05, 3.63) is 35.1 Å². The van der Waals surface area contributed by atoms with E-state index in [4.69, 9.17) is 13.3 Å². The molecule has 1 aromatic rings. The van der Waals surface area contributed by atoms with Crippen LogP contribution in [0.15, 0.2) is 12.1 Å². The first-order valence-corrected chi connectivity index (χ1v) is 7.20. The lowest BCUT2D eigenvalue weighted by Crippen LogP contribution is -2.43. The monoisotopic (exact) mass is 280 g/mol. The van der Waals surface area contributed by atoms with Crippen molar-refractivity contribution in [1.82, 2.24) is 0 Å². The van der Waals surface area contributed by atoms with Gasteiger partial charge in [0.05, 0.1) is 0 Å². The Kier molecular flexibility index (Phi) is 5.33. The van der Waals surface area contributed by atoms with Gasteiger partial charge in [0, 0.05) is 27.4 Å². The predicted octanol–water partition coefficient (Wildman–Crippen LogP) is 2.52. The Hall–Kier alpha value is -0.893. The minimum Gasteiger partial charge on any atom is -0.377 e. The topological polar surface area (TPSA) is 27.7 Å².